The number of hydrogen-bond acceptors (Lipinski definition) is 0. The summed E-state index contributed by atoms with van der Waals surface area (Å²) < 4.78 is 7.90. The van der Waals surface area contributed by atoms with Crippen LogP contribution in [0.3, 0.4) is 0 Å². The van der Waals surface area contributed by atoms with E-state index in [1.807, 2.05) is 13.8 Å². The van der Waals surface area contributed by atoms with Gasteiger partial charge in [-0.3, -0.25) is 0 Å². The Labute approximate surface area is 83.4 Å². The van der Waals surface area contributed by atoms with Crippen molar-refractivity contribution in [1.82, 2.24) is 0 Å². The van der Waals surface area contributed by atoms with Crippen molar-refractivity contribution in [1.29, 1.82) is 0 Å². The summed E-state index contributed by atoms with van der Waals surface area (Å²) in [4.78, 5) is 0. The maximum atomic E-state index is 7.90. The van der Waals surface area contributed by atoms with Gasteiger partial charge in [-0.15, -0.1) is 0 Å². The Morgan fingerprint density at radius 1 is 1.08 bits per heavy atom. The van der Waals surface area contributed by atoms with Gasteiger partial charge in [0.1, 0.15) is 0 Å². The molecule has 0 heteroatoms. The molecule has 1 aromatic carbocycles. The maximum Gasteiger partial charge on any atom is 0.0347 e. The summed E-state index contributed by atoms with van der Waals surface area (Å²) in [5.41, 5.74) is 2.60. The van der Waals surface area contributed by atoms with Crippen molar-refractivity contribution >= 4 is 0 Å². The van der Waals surface area contributed by atoms with E-state index in [0.29, 0.717) is 0 Å². The second kappa shape index (κ2) is 3.53. The lowest BCUT2D eigenvalue weighted by molar-refractivity contribution is 0.589. The van der Waals surface area contributed by atoms with Crippen molar-refractivity contribution in [2.75, 3.05) is 0 Å². The van der Waals surface area contributed by atoms with E-state index >= 15 is 0 Å². The second-order valence-corrected chi connectivity index (χ2v) is 4.83. The molecule has 1 aromatic rings. The summed E-state index contributed by atoms with van der Waals surface area (Å²) >= 11 is 0. The van der Waals surface area contributed by atoms with Crippen molar-refractivity contribution in [3.05, 3.63) is 35.4 Å². The van der Waals surface area contributed by atoms with Gasteiger partial charge in [0, 0.05) is 1.37 Å². The predicted octanol–water partition coefficient (Wildman–Crippen LogP) is 4.11. The van der Waals surface area contributed by atoms with Crippen LogP contribution in [0.1, 0.15) is 53.0 Å². The molecule has 0 fully saturated rings. The van der Waals surface area contributed by atoms with Gasteiger partial charge in [0.2, 0.25) is 0 Å². The van der Waals surface area contributed by atoms with Crippen LogP contribution < -0.4 is 0 Å². The quantitative estimate of drug-likeness (QED) is 0.605. The summed E-state index contributed by atoms with van der Waals surface area (Å²) in [7, 11) is 0. The summed E-state index contributed by atoms with van der Waals surface area (Å²) in [6.45, 7) is 10.4. The van der Waals surface area contributed by atoms with Crippen LogP contribution in [0.4, 0.5) is 0 Å². The Kier molecular flexibility index (Phi) is 2.39. The molecular weight excluding hydrogens is 156 g/mol. The van der Waals surface area contributed by atoms with Crippen LogP contribution in [0.5, 0.6) is 0 Å². The molecule has 0 saturated heterocycles. The van der Waals surface area contributed by atoms with Crippen LogP contribution in [0, 0.1) is 0 Å². The van der Waals surface area contributed by atoms with E-state index in [0.717, 1.165) is 5.56 Å². The molecule has 0 atom stereocenters. The normalized spacial score (nSPS) is 14.1. The predicted molar refractivity (Wildman–Crippen MR) is 59.2 cm³/mol. The molecule has 0 bridgehead atoms. The molecule has 0 aliphatic heterocycles. The molecule has 0 amide bonds. The lowest BCUT2D eigenvalue weighted by Gasteiger charge is -2.19. The van der Waals surface area contributed by atoms with E-state index in [4.69, 9.17) is 1.37 Å². The molecular formula is C13H20. The topological polar surface area (TPSA) is 0 Å². The zero-order valence-electron chi connectivity index (χ0n) is 10.3. The zero-order chi connectivity index (χ0) is 11.0. The smallest absolute Gasteiger partial charge is 0.0347 e. The van der Waals surface area contributed by atoms with Crippen LogP contribution in [-0.2, 0) is 5.41 Å². The maximum absolute atomic E-state index is 7.90. The first-order valence-corrected chi connectivity index (χ1v) is 4.82. The Morgan fingerprint density at radius 3 is 1.85 bits per heavy atom. The van der Waals surface area contributed by atoms with Gasteiger partial charge in [-0.25, -0.2) is 0 Å². The molecule has 0 aromatic heterocycles. The van der Waals surface area contributed by atoms with Crippen molar-refractivity contribution in [2.45, 2.75) is 45.9 Å². The lowest BCUT2D eigenvalue weighted by Crippen LogP contribution is -2.10. The monoisotopic (exact) mass is 177 g/mol. The van der Waals surface area contributed by atoms with Crippen LogP contribution in [0.25, 0.3) is 0 Å². The highest BCUT2D eigenvalue weighted by Crippen LogP contribution is 2.24. The largest absolute Gasteiger partial charge is 0.0587 e. The van der Waals surface area contributed by atoms with E-state index in [9.17, 15) is 0 Å². The minimum atomic E-state index is -0.490. The van der Waals surface area contributed by atoms with E-state index in [-0.39, 0.29) is 5.41 Å². The molecule has 0 N–H and O–H groups in total. The van der Waals surface area contributed by atoms with Gasteiger partial charge in [-0.05, 0) is 22.4 Å². The van der Waals surface area contributed by atoms with E-state index in [1.54, 1.807) is 0 Å². The molecule has 0 spiro atoms. The number of rotatable bonds is 1. The minimum Gasteiger partial charge on any atom is -0.0587 e. The Balaban J connectivity index is 3.02. The molecule has 1 rings (SSSR count). The van der Waals surface area contributed by atoms with Crippen molar-refractivity contribution in [2.24, 2.45) is 0 Å². The van der Waals surface area contributed by atoms with Crippen molar-refractivity contribution < 1.29 is 1.37 Å². The van der Waals surface area contributed by atoms with Gasteiger partial charge in [-0.2, -0.15) is 0 Å². The molecule has 0 unspecified atom stereocenters. The Morgan fingerprint density at radius 2 is 1.54 bits per heavy atom. The third-order valence-electron chi connectivity index (χ3n) is 2.33. The average Bonchev–Trinajstić information content (AvgIpc) is 2.01. The third-order valence-corrected chi connectivity index (χ3v) is 2.33. The van der Waals surface area contributed by atoms with Crippen molar-refractivity contribution in [3.8, 4) is 0 Å². The van der Waals surface area contributed by atoms with Gasteiger partial charge < -0.3 is 0 Å². The fraction of sp³-hybridized carbons (Fsp3) is 0.538. The zero-order valence-corrected chi connectivity index (χ0v) is 9.31. The molecule has 0 aliphatic rings. The number of hydrogen-bond donors (Lipinski definition) is 0. The molecule has 13 heavy (non-hydrogen) atoms. The van der Waals surface area contributed by atoms with Crippen LogP contribution in [0.15, 0.2) is 24.3 Å². The van der Waals surface area contributed by atoms with Gasteiger partial charge >= 0.3 is 0 Å². The second-order valence-electron chi connectivity index (χ2n) is 4.83. The van der Waals surface area contributed by atoms with Gasteiger partial charge in [-0.1, -0.05) is 58.9 Å². The lowest BCUT2D eigenvalue weighted by atomic mass is 9.86. The summed E-state index contributed by atoms with van der Waals surface area (Å²) in [6, 6.07) is 8.39. The summed E-state index contributed by atoms with van der Waals surface area (Å²) in [5.74, 6) is -0.490. The first-order chi connectivity index (χ1) is 6.21. The highest BCUT2D eigenvalue weighted by atomic mass is 14.2. The molecule has 0 aliphatic carbocycles. The van der Waals surface area contributed by atoms with Crippen LogP contribution in [-0.4, -0.2) is 0 Å². The van der Waals surface area contributed by atoms with E-state index in [2.05, 4.69) is 45.0 Å². The standard InChI is InChI=1S/C13H20/c1-10(2)11-6-8-12(9-7-11)13(3,4)5/h6-10H,1-5H3/i10D. The molecule has 0 saturated carbocycles. The highest BCUT2D eigenvalue weighted by Gasteiger charge is 2.12. The first-order valence-electron chi connectivity index (χ1n) is 5.32. The minimum absolute atomic E-state index is 0.199. The molecule has 0 nitrogen and oxygen atoms in total. The third kappa shape index (κ3) is 2.58. The number of benzene rings is 1. The Bertz CT molecular complexity index is 262. The van der Waals surface area contributed by atoms with Gasteiger partial charge in [0.05, 0.1) is 0 Å². The SMILES string of the molecule is [2H]C(C)(C)c1ccc(C(C)(C)C)cc1. The fourth-order valence-corrected chi connectivity index (χ4v) is 1.30. The highest BCUT2D eigenvalue weighted by molar-refractivity contribution is 5.28. The molecule has 0 heterocycles. The Hall–Kier alpha value is -0.780. The first kappa shape index (κ1) is 8.80. The summed E-state index contributed by atoms with van der Waals surface area (Å²) in [5, 5.41) is 0. The van der Waals surface area contributed by atoms with Crippen LogP contribution in [0.2, 0.25) is 0 Å². The van der Waals surface area contributed by atoms with Crippen molar-refractivity contribution in [3.63, 3.8) is 0 Å². The average molecular weight is 177 g/mol. The molecule has 72 valence electrons. The summed E-state index contributed by atoms with van der Waals surface area (Å²) in [6.07, 6.45) is 0. The van der Waals surface area contributed by atoms with Gasteiger partial charge in [0.25, 0.3) is 0 Å². The molecule has 0 radical (unpaired) electrons. The fourth-order valence-electron chi connectivity index (χ4n) is 1.30. The van der Waals surface area contributed by atoms with E-state index < -0.39 is 5.89 Å². The van der Waals surface area contributed by atoms with E-state index in [1.165, 1.54) is 5.56 Å². The van der Waals surface area contributed by atoms with Crippen LogP contribution >= 0.6 is 0 Å². The van der Waals surface area contributed by atoms with Gasteiger partial charge in [0.15, 0.2) is 0 Å².